The summed E-state index contributed by atoms with van der Waals surface area (Å²) < 4.78 is 1.11. The molecule has 1 N–H and O–H groups in total. The van der Waals surface area contributed by atoms with Crippen molar-refractivity contribution < 1.29 is 0 Å². The molecule has 0 spiro atoms. The molecule has 0 aliphatic rings. The van der Waals surface area contributed by atoms with Crippen LogP contribution in [0.2, 0.25) is 0 Å². The lowest BCUT2D eigenvalue weighted by atomic mass is 10.3. The standard InChI is InChI=1S/C9H8BrN3S/c1-11-9-12-5-4-6(13-9)7-2-3-8(10)14-7/h2-5H,1H3,(H,11,12,13). The number of anilines is 1. The Kier molecular flexibility index (Phi) is 2.79. The van der Waals surface area contributed by atoms with Gasteiger partial charge in [-0.25, -0.2) is 9.97 Å². The van der Waals surface area contributed by atoms with Gasteiger partial charge in [-0.05, 0) is 34.1 Å². The largest absolute Gasteiger partial charge is 0.357 e. The lowest BCUT2D eigenvalue weighted by Gasteiger charge is -1.99. The lowest BCUT2D eigenvalue weighted by molar-refractivity contribution is 1.16. The zero-order chi connectivity index (χ0) is 9.97. The Morgan fingerprint density at radius 3 is 2.86 bits per heavy atom. The van der Waals surface area contributed by atoms with Gasteiger partial charge in [0, 0.05) is 13.2 Å². The fraction of sp³-hybridized carbons (Fsp3) is 0.111. The van der Waals surface area contributed by atoms with Crippen molar-refractivity contribution in [1.29, 1.82) is 0 Å². The van der Waals surface area contributed by atoms with Crippen LogP contribution < -0.4 is 5.32 Å². The van der Waals surface area contributed by atoms with Crippen molar-refractivity contribution in [2.24, 2.45) is 0 Å². The van der Waals surface area contributed by atoms with Gasteiger partial charge in [-0.15, -0.1) is 11.3 Å². The van der Waals surface area contributed by atoms with Crippen LogP contribution in [-0.2, 0) is 0 Å². The summed E-state index contributed by atoms with van der Waals surface area (Å²) in [5.74, 6) is 0.645. The maximum absolute atomic E-state index is 4.34. The van der Waals surface area contributed by atoms with Gasteiger partial charge in [-0.3, -0.25) is 0 Å². The second-order valence-corrected chi connectivity index (χ2v) is 5.08. The zero-order valence-corrected chi connectivity index (χ0v) is 9.89. The molecule has 72 valence electrons. The van der Waals surface area contributed by atoms with E-state index in [2.05, 4.69) is 31.2 Å². The minimum atomic E-state index is 0.645. The van der Waals surface area contributed by atoms with Crippen molar-refractivity contribution in [3.8, 4) is 10.6 Å². The van der Waals surface area contributed by atoms with Gasteiger partial charge in [-0.2, -0.15) is 0 Å². The summed E-state index contributed by atoms with van der Waals surface area (Å²) in [6.07, 6.45) is 1.75. The average molecular weight is 270 g/mol. The van der Waals surface area contributed by atoms with E-state index in [4.69, 9.17) is 0 Å². The first-order valence-corrected chi connectivity index (χ1v) is 5.67. The first-order chi connectivity index (χ1) is 6.79. The molecular weight excluding hydrogens is 262 g/mol. The summed E-state index contributed by atoms with van der Waals surface area (Å²) in [5.41, 5.74) is 0.944. The van der Waals surface area contributed by atoms with Crippen LogP contribution in [0.15, 0.2) is 28.2 Å². The highest BCUT2D eigenvalue weighted by Gasteiger charge is 2.03. The highest BCUT2D eigenvalue weighted by Crippen LogP contribution is 2.29. The van der Waals surface area contributed by atoms with E-state index in [0.29, 0.717) is 5.95 Å². The van der Waals surface area contributed by atoms with Crippen LogP contribution >= 0.6 is 27.3 Å². The van der Waals surface area contributed by atoms with Crippen molar-refractivity contribution >= 4 is 33.2 Å². The predicted octanol–water partition coefficient (Wildman–Crippen LogP) is 3.01. The molecule has 2 aromatic rings. The Bertz CT molecular complexity index is 441. The predicted molar refractivity (Wildman–Crippen MR) is 62.6 cm³/mol. The summed E-state index contributed by atoms with van der Waals surface area (Å²) in [6, 6.07) is 5.96. The highest BCUT2D eigenvalue weighted by atomic mass is 79.9. The fourth-order valence-corrected chi connectivity index (χ4v) is 2.42. The fourth-order valence-electron chi connectivity index (χ4n) is 1.07. The molecule has 0 saturated heterocycles. The molecule has 2 aromatic heterocycles. The zero-order valence-electron chi connectivity index (χ0n) is 7.49. The van der Waals surface area contributed by atoms with Gasteiger partial charge in [0.2, 0.25) is 5.95 Å². The number of nitrogens with zero attached hydrogens (tertiary/aromatic N) is 2. The van der Waals surface area contributed by atoms with Gasteiger partial charge in [0.15, 0.2) is 0 Å². The van der Waals surface area contributed by atoms with Crippen molar-refractivity contribution in [3.63, 3.8) is 0 Å². The molecule has 0 atom stereocenters. The molecule has 14 heavy (non-hydrogen) atoms. The van der Waals surface area contributed by atoms with Crippen LogP contribution in [0.3, 0.4) is 0 Å². The van der Waals surface area contributed by atoms with E-state index in [1.165, 1.54) is 0 Å². The third-order valence-corrected chi connectivity index (χ3v) is 3.35. The van der Waals surface area contributed by atoms with E-state index in [-0.39, 0.29) is 0 Å². The van der Waals surface area contributed by atoms with E-state index in [0.717, 1.165) is 14.4 Å². The molecule has 0 saturated carbocycles. The molecular formula is C9H8BrN3S. The molecule has 0 bridgehead atoms. The topological polar surface area (TPSA) is 37.8 Å². The third-order valence-electron chi connectivity index (χ3n) is 1.70. The number of nitrogens with one attached hydrogen (secondary N) is 1. The van der Waals surface area contributed by atoms with Crippen molar-refractivity contribution in [3.05, 3.63) is 28.2 Å². The van der Waals surface area contributed by atoms with Gasteiger partial charge < -0.3 is 5.32 Å². The number of hydrogen-bond donors (Lipinski definition) is 1. The lowest BCUT2D eigenvalue weighted by Crippen LogP contribution is -1.95. The van der Waals surface area contributed by atoms with E-state index >= 15 is 0 Å². The smallest absolute Gasteiger partial charge is 0.222 e. The van der Waals surface area contributed by atoms with E-state index in [1.807, 2.05) is 25.2 Å². The average Bonchev–Trinajstić information content (AvgIpc) is 2.65. The molecule has 0 aliphatic carbocycles. The molecule has 2 heterocycles. The molecule has 2 rings (SSSR count). The first kappa shape index (κ1) is 9.61. The van der Waals surface area contributed by atoms with E-state index in [1.54, 1.807) is 17.5 Å². The molecule has 0 fully saturated rings. The Hall–Kier alpha value is -0.940. The Balaban J connectivity index is 2.41. The van der Waals surface area contributed by atoms with Crippen LogP contribution in [0, 0.1) is 0 Å². The van der Waals surface area contributed by atoms with Crippen LogP contribution in [-0.4, -0.2) is 17.0 Å². The van der Waals surface area contributed by atoms with Gasteiger partial charge in [0.1, 0.15) is 0 Å². The monoisotopic (exact) mass is 269 g/mol. The van der Waals surface area contributed by atoms with Crippen molar-refractivity contribution in [1.82, 2.24) is 9.97 Å². The second-order valence-electron chi connectivity index (χ2n) is 2.62. The second kappa shape index (κ2) is 4.06. The summed E-state index contributed by atoms with van der Waals surface area (Å²) in [7, 11) is 1.81. The molecule has 3 nitrogen and oxygen atoms in total. The van der Waals surface area contributed by atoms with Gasteiger partial charge >= 0.3 is 0 Å². The quantitative estimate of drug-likeness (QED) is 0.911. The maximum Gasteiger partial charge on any atom is 0.222 e. The van der Waals surface area contributed by atoms with Crippen molar-refractivity contribution in [2.45, 2.75) is 0 Å². The minimum absolute atomic E-state index is 0.645. The number of thiophene rings is 1. The third kappa shape index (κ3) is 1.93. The minimum Gasteiger partial charge on any atom is -0.357 e. The van der Waals surface area contributed by atoms with Gasteiger partial charge in [0.05, 0.1) is 14.4 Å². The molecule has 0 aliphatic heterocycles. The Morgan fingerprint density at radius 2 is 2.21 bits per heavy atom. The number of aromatic nitrogens is 2. The summed E-state index contributed by atoms with van der Waals surface area (Å²) in [6.45, 7) is 0. The summed E-state index contributed by atoms with van der Waals surface area (Å²) in [4.78, 5) is 9.54. The molecule has 0 aromatic carbocycles. The van der Waals surface area contributed by atoms with Crippen LogP contribution in [0.1, 0.15) is 0 Å². The van der Waals surface area contributed by atoms with Gasteiger partial charge in [0.25, 0.3) is 0 Å². The van der Waals surface area contributed by atoms with E-state index in [9.17, 15) is 0 Å². The van der Waals surface area contributed by atoms with Crippen LogP contribution in [0.4, 0.5) is 5.95 Å². The molecule has 0 unspecified atom stereocenters. The highest BCUT2D eigenvalue weighted by molar-refractivity contribution is 9.11. The maximum atomic E-state index is 4.34. The van der Waals surface area contributed by atoms with Crippen LogP contribution in [0.5, 0.6) is 0 Å². The summed E-state index contributed by atoms with van der Waals surface area (Å²) in [5, 5.41) is 2.91. The first-order valence-electron chi connectivity index (χ1n) is 4.06. The Morgan fingerprint density at radius 1 is 1.36 bits per heavy atom. The molecule has 0 amide bonds. The van der Waals surface area contributed by atoms with Crippen LogP contribution in [0.25, 0.3) is 10.6 Å². The molecule has 5 heteroatoms. The Labute approximate surface area is 94.4 Å². The summed E-state index contributed by atoms with van der Waals surface area (Å²) >= 11 is 5.08. The number of hydrogen-bond acceptors (Lipinski definition) is 4. The molecule has 0 radical (unpaired) electrons. The number of halogens is 1. The van der Waals surface area contributed by atoms with Gasteiger partial charge in [-0.1, -0.05) is 0 Å². The number of rotatable bonds is 2. The van der Waals surface area contributed by atoms with E-state index < -0.39 is 0 Å². The normalized spacial score (nSPS) is 10.1. The SMILES string of the molecule is CNc1nccc(-c2ccc(Br)s2)n1. The van der Waals surface area contributed by atoms with Crippen molar-refractivity contribution in [2.75, 3.05) is 12.4 Å².